The number of amides is 1. The second kappa shape index (κ2) is 8.47. The summed E-state index contributed by atoms with van der Waals surface area (Å²) in [6.07, 6.45) is 0.858. The minimum atomic E-state index is -0.161. The average Bonchev–Trinajstić information content (AvgIpc) is 3.05. The summed E-state index contributed by atoms with van der Waals surface area (Å²) in [5.41, 5.74) is 10.2. The monoisotopic (exact) mass is 351 g/mol. The van der Waals surface area contributed by atoms with Gasteiger partial charge in [0, 0.05) is 31.6 Å². The van der Waals surface area contributed by atoms with E-state index in [4.69, 9.17) is 5.73 Å². The lowest BCUT2D eigenvalue weighted by Crippen LogP contribution is -2.45. The molecule has 0 bridgehead atoms. The van der Waals surface area contributed by atoms with Gasteiger partial charge in [-0.25, -0.2) is 0 Å². The Hall–Kier alpha value is -2.17. The van der Waals surface area contributed by atoms with Gasteiger partial charge >= 0.3 is 0 Å². The number of nitrogens with one attached hydrogen (secondary N) is 1. The fraction of sp³-hybridized carbons (Fsp3) is 0.409. The Kier molecular flexibility index (Phi) is 6.07. The van der Waals surface area contributed by atoms with E-state index in [9.17, 15) is 4.79 Å². The Morgan fingerprint density at radius 3 is 2.58 bits per heavy atom. The number of nitrogens with zero attached hydrogens (tertiary/aromatic N) is 1. The number of carbonyl (C=O) groups excluding carboxylic acids is 1. The Labute approximate surface area is 156 Å². The molecule has 3 atom stereocenters. The minimum Gasteiger partial charge on any atom is -0.354 e. The molecule has 138 valence electrons. The molecule has 3 N–H and O–H groups in total. The molecule has 0 aliphatic carbocycles. The molecule has 1 aliphatic rings. The number of carbonyl (C=O) groups is 1. The van der Waals surface area contributed by atoms with Gasteiger partial charge in [0.2, 0.25) is 5.91 Å². The molecule has 4 nitrogen and oxygen atoms in total. The number of hydrogen-bond acceptors (Lipinski definition) is 3. The highest BCUT2D eigenvalue weighted by molar-refractivity contribution is 5.81. The van der Waals surface area contributed by atoms with E-state index in [1.807, 2.05) is 37.3 Å². The van der Waals surface area contributed by atoms with E-state index in [0.717, 1.165) is 19.5 Å². The van der Waals surface area contributed by atoms with Crippen molar-refractivity contribution in [3.63, 3.8) is 0 Å². The van der Waals surface area contributed by atoms with Crippen molar-refractivity contribution in [2.45, 2.75) is 38.3 Å². The Morgan fingerprint density at radius 1 is 1.15 bits per heavy atom. The van der Waals surface area contributed by atoms with Gasteiger partial charge in [0.15, 0.2) is 0 Å². The van der Waals surface area contributed by atoms with Crippen molar-refractivity contribution in [2.24, 2.45) is 5.73 Å². The van der Waals surface area contributed by atoms with Gasteiger partial charge in [0.1, 0.15) is 0 Å². The van der Waals surface area contributed by atoms with Crippen LogP contribution in [0, 0.1) is 6.92 Å². The standard InChI is InChI=1S/C22H29N3O/c1-16-8-6-7-9-18(16)12-13-24-22(26)17(2)25-14-20(21(23)15-25)19-10-4-3-5-11-19/h3-11,17,20-21H,12-15,23H2,1-2H3,(H,24,26)/t17?,20-,21+/m0/s1. The molecule has 2 aromatic rings. The third kappa shape index (κ3) is 4.32. The zero-order valence-electron chi connectivity index (χ0n) is 15.7. The van der Waals surface area contributed by atoms with Crippen LogP contribution >= 0.6 is 0 Å². The van der Waals surface area contributed by atoms with Crippen molar-refractivity contribution in [3.05, 3.63) is 71.3 Å². The van der Waals surface area contributed by atoms with E-state index in [1.165, 1.54) is 16.7 Å². The summed E-state index contributed by atoms with van der Waals surface area (Å²) >= 11 is 0. The van der Waals surface area contributed by atoms with Gasteiger partial charge in [-0.3, -0.25) is 9.69 Å². The SMILES string of the molecule is Cc1ccccc1CCNC(=O)C(C)N1C[C@@H](N)[C@H](c2ccccc2)C1. The minimum absolute atomic E-state index is 0.0691. The van der Waals surface area contributed by atoms with E-state index < -0.39 is 0 Å². The van der Waals surface area contributed by atoms with Crippen LogP contribution in [-0.4, -0.2) is 42.5 Å². The highest BCUT2D eigenvalue weighted by Crippen LogP contribution is 2.27. The van der Waals surface area contributed by atoms with Gasteiger partial charge in [-0.15, -0.1) is 0 Å². The van der Waals surface area contributed by atoms with Crippen LogP contribution < -0.4 is 11.1 Å². The second-order valence-corrected chi connectivity index (χ2v) is 7.28. The van der Waals surface area contributed by atoms with Crippen LogP contribution in [0.15, 0.2) is 54.6 Å². The molecular weight excluding hydrogens is 322 g/mol. The first-order valence-electron chi connectivity index (χ1n) is 9.43. The molecule has 1 heterocycles. The molecule has 3 rings (SSSR count). The highest BCUT2D eigenvalue weighted by atomic mass is 16.2. The molecule has 0 saturated carbocycles. The van der Waals surface area contributed by atoms with Gasteiger partial charge < -0.3 is 11.1 Å². The molecule has 0 spiro atoms. The molecular formula is C22H29N3O. The largest absolute Gasteiger partial charge is 0.354 e. The smallest absolute Gasteiger partial charge is 0.237 e. The zero-order valence-corrected chi connectivity index (χ0v) is 15.7. The van der Waals surface area contributed by atoms with Crippen molar-refractivity contribution in [1.29, 1.82) is 0 Å². The summed E-state index contributed by atoms with van der Waals surface area (Å²) in [5.74, 6) is 0.373. The molecule has 1 saturated heterocycles. The molecule has 26 heavy (non-hydrogen) atoms. The second-order valence-electron chi connectivity index (χ2n) is 7.28. The van der Waals surface area contributed by atoms with Gasteiger partial charge in [0.05, 0.1) is 6.04 Å². The predicted octanol–water partition coefficient (Wildman–Crippen LogP) is 2.47. The quantitative estimate of drug-likeness (QED) is 0.841. The van der Waals surface area contributed by atoms with E-state index in [2.05, 4.69) is 41.4 Å². The zero-order chi connectivity index (χ0) is 18.5. The molecule has 1 aliphatic heterocycles. The lowest BCUT2D eigenvalue weighted by molar-refractivity contribution is -0.125. The van der Waals surface area contributed by atoms with Crippen molar-refractivity contribution in [2.75, 3.05) is 19.6 Å². The summed E-state index contributed by atoms with van der Waals surface area (Å²) in [6.45, 7) is 6.33. The molecule has 1 fully saturated rings. The van der Waals surface area contributed by atoms with Crippen molar-refractivity contribution in [3.8, 4) is 0 Å². The van der Waals surface area contributed by atoms with E-state index in [0.29, 0.717) is 12.5 Å². The lowest BCUT2D eigenvalue weighted by atomic mass is 9.95. The van der Waals surface area contributed by atoms with Crippen LogP contribution in [0.3, 0.4) is 0 Å². The topological polar surface area (TPSA) is 58.4 Å². The first kappa shape index (κ1) is 18.6. The molecule has 0 radical (unpaired) electrons. The normalized spacial score (nSPS) is 21.5. The molecule has 0 aromatic heterocycles. The van der Waals surface area contributed by atoms with Crippen LogP contribution in [0.4, 0.5) is 0 Å². The molecule has 4 heteroatoms. The fourth-order valence-electron chi connectivity index (χ4n) is 3.75. The third-order valence-corrected chi connectivity index (χ3v) is 5.50. The average molecular weight is 351 g/mol. The number of benzene rings is 2. The number of likely N-dealkylation sites (tertiary alicyclic amines) is 1. The Balaban J connectivity index is 1.52. The summed E-state index contributed by atoms with van der Waals surface area (Å²) in [6, 6.07) is 18.6. The van der Waals surface area contributed by atoms with Crippen LogP contribution in [0.5, 0.6) is 0 Å². The van der Waals surface area contributed by atoms with Gasteiger partial charge in [-0.05, 0) is 37.0 Å². The van der Waals surface area contributed by atoms with Crippen molar-refractivity contribution in [1.82, 2.24) is 10.2 Å². The number of aryl methyl sites for hydroxylation is 1. The lowest BCUT2D eigenvalue weighted by Gasteiger charge is -2.23. The van der Waals surface area contributed by atoms with Crippen molar-refractivity contribution < 1.29 is 4.79 Å². The van der Waals surface area contributed by atoms with Crippen LogP contribution in [0.1, 0.15) is 29.5 Å². The molecule has 1 amide bonds. The number of rotatable bonds is 6. The van der Waals surface area contributed by atoms with Crippen LogP contribution in [-0.2, 0) is 11.2 Å². The first-order chi connectivity index (χ1) is 12.6. The Bertz CT molecular complexity index is 731. The van der Waals surface area contributed by atoms with Crippen LogP contribution in [0.25, 0.3) is 0 Å². The predicted molar refractivity (Wildman–Crippen MR) is 106 cm³/mol. The van der Waals surface area contributed by atoms with E-state index in [1.54, 1.807) is 0 Å². The van der Waals surface area contributed by atoms with E-state index >= 15 is 0 Å². The Morgan fingerprint density at radius 2 is 1.85 bits per heavy atom. The van der Waals surface area contributed by atoms with E-state index in [-0.39, 0.29) is 18.0 Å². The van der Waals surface area contributed by atoms with Gasteiger partial charge in [-0.1, -0.05) is 54.6 Å². The fourth-order valence-corrected chi connectivity index (χ4v) is 3.75. The first-order valence-corrected chi connectivity index (χ1v) is 9.43. The van der Waals surface area contributed by atoms with Crippen molar-refractivity contribution >= 4 is 5.91 Å². The maximum atomic E-state index is 12.6. The summed E-state index contributed by atoms with van der Waals surface area (Å²) in [7, 11) is 0. The molecule has 1 unspecified atom stereocenters. The maximum absolute atomic E-state index is 12.6. The third-order valence-electron chi connectivity index (χ3n) is 5.50. The number of hydrogen-bond donors (Lipinski definition) is 2. The summed E-state index contributed by atoms with van der Waals surface area (Å²) in [4.78, 5) is 14.8. The van der Waals surface area contributed by atoms with Crippen LogP contribution in [0.2, 0.25) is 0 Å². The molecule has 2 aromatic carbocycles. The number of nitrogens with two attached hydrogens (primary N) is 1. The maximum Gasteiger partial charge on any atom is 0.237 e. The van der Waals surface area contributed by atoms with Gasteiger partial charge in [0.25, 0.3) is 0 Å². The van der Waals surface area contributed by atoms with Gasteiger partial charge in [-0.2, -0.15) is 0 Å². The summed E-state index contributed by atoms with van der Waals surface area (Å²) < 4.78 is 0. The highest BCUT2D eigenvalue weighted by Gasteiger charge is 2.35. The summed E-state index contributed by atoms with van der Waals surface area (Å²) in [5, 5.41) is 3.08.